The number of aromatic nitrogens is 4. The summed E-state index contributed by atoms with van der Waals surface area (Å²) in [6, 6.07) is 7.02. The largest absolute Gasteiger partial charge is 0.335 e. The Labute approximate surface area is 185 Å². The Bertz CT molecular complexity index is 1310. The van der Waals surface area contributed by atoms with E-state index in [1.54, 1.807) is 30.7 Å². The molecule has 0 unspecified atom stereocenters. The van der Waals surface area contributed by atoms with E-state index in [0.717, 1.165) is 33.3 Å². The van der Waals surface area contributed by atoms with Gasteiger partial charge in [0.25, 0.3) is 0 Å². The standard InChI is InChI=1S/C24H23FN6O/c1-30(2)8-4-5-23(32)29-19-9-17(12-26-14-19)18-10-20-21(15-31(3)24(20)28-13-18)16-6-7-27-22(25)11-16/h4-7,9-15H,8H2,1-3H3,(H,29,32)/b5-4+. The Morgan fingerprint density at radius 3 is 2.72 bits per heavy atom. The van der Waals surface area contributed by atoms with Gasteiger partial charge in [-0.05, 0) is 37.9 Å². The number of nitrogens with one attached hydrogen (secondary N) is 1. The van der Waals surface area contributed by atoms with Crippen molar-refractivity contribution in [2.45, 2.75) is 0 Å². The number of rotatable bonds is 6. The number of carbonyl (C=O) groups is 1. The number of anilines is 1. The molecular weight excluding hydrogens is 407 g/mol. The fourth-order valence-corrected chi connectivity index (χ4v) is 3.44. The van der Waals surface area contributed by atoms with Crippen LogP contribution in [0.4, 0.5) is 10.1 Å². The summed E-state index contributed by atoms with van der Waals surface area (Å²) in [7, 11) is 5.77. The minimum absolute atomic E-state index is 0.218. The maximum absolute atomic E-state index is 13.7. The van der Waals surface area contributed by atoms with Crippen molar-refractivity contribution < 1.29 is 9.18 Å². The summed E-state index contributed by atoms with van der Waals surface area (Å²) < 4.78 is 15.6. The molecule has 0 aliphatic heterocycles. The second-order valence-corrected chi connectivity index (χ2v) is 7.73. The fourth-order valence-electron chi connectivity index (χ4n) is 3.44. The van der Waals surface area contributed by atoms with Gasteiger partial charge in [0.05, 0.1) is 11.9 Å². The van der Waals surface area contributed by atoms with Gasteiger partial charge in [-0.2, -0.15) is 4.39 Å². The van der Waals surface area contributed by atoms with E-state index in [2.05, 4.69) is 20.3 Å². The smallest absolute Gasteiger partial charge is 0.248 e. The Morgan fingerprint density at radius 1 is 1.12 bits per heavy atom. The van der Waals surface area contributed by atoms with Gasteiger partial charge in [0.15, 0.2) is 0 Å². The number of hydrogen-bond donors (Lipinski definition) is 1. The SMILES string of the molecule is CN(C)C/C=C/C(=O)Nc1cncc(-c2cnc3c(c2)c(-c2ccnc(F)c2)cn3C)c1. The first-order valence-electron chi connectivity index (χ1n) is 10.1. The van der Waals surface area contributed by atoms with Gasteiger partial charge in [0.2, 0.25) is 11.9 Å². The molecule has 0 aliphatic rings. The molecule has 0 atom stereocenters. The van der Waals surface area contributed by atoms with Crippen molar-refractivity contribution in [1.82, 2.24) is 24.4 Å². The Morgan fingerprint density at radius 2 is 1.94 bits per heavy atom. The minimum Gasteiger partial charge on any atom is -0.335 e. The number of likely N-dealkylation sites (N-methyl/N-ethyl adjacent to an activating group) is 1. The summed E-state index contributed by atoms with van der Waals surface area (Å²) in [5.41, 5.74) is 4.61. The van der Waals surface area contributed by atoms with Crippen LogP contribution in [0.3, 0.4) is 0 Å². The van der Waals surface area contributed by atoms with Gasteiger partial charge in [0, 0.05) is 72.6 Å². The van der Waals surface area contributed by atoms with Gasteiger partial charge in [0.1, 0.15) is 5.65 Å². The molecular formula is C24H23FN6O. The van der Waals surface area contributed by atoms with Crippen LogP contribution in [0.1, 0.15) is 0 Å². The van der Waals surface area contributed by atoms with Crippen LogP contribution < -0.4 is 5.32 Å². The number of halogens is 1. The van der Waals surface area contributed by atoms with Crippen molar-refractivity contribution in [1.29, 1.82) is 0 Å². The van der Waals surface area contributed by atoms with Crippen LogP contribution in [0.25, 0.3) is 33.3 Å². The highest BCUT2D eigenvalue weighted by Crippen LogP contribution is 2.32. The first kappa shape index (κ1) is 21.3. The monoisotopic (exact) mass is 430 g/mol. The molecule has 0 spiro atoms. The van der Waals surface area contributed by atoms with E-state index in [1.807, 2.05) is 48.9 Å². The molecule has 1 N–H and O–H groups in total. The lowest BCUT2D eigenvalue weighted by Crippen LogP contribution is -2.13. The van der Waals surface area contributed by atoms with Crippen molar-refractivity contribution in [3.8, 4) is 22.3 Å². The lowest BCUT2D eigenvalue weighted by Gasteiger charge is -2.07. The van der Waals surface area contributed by atoms with Crippen molar-refractivity contribution >= 4 is 22.6 Å². The third-order valence-corrected chi connectivity index (χ3v) is 4.93. The van der Waals surface area contributed by atoms with Gasteiger partial charge in [-0.15, -0.1) is 0 Å². The molecule has 4 heterocycles. The lowest BCUT2D eigenvalue weighted by molar-refractivity contribution is -0.111. The molecule has 0 bridgehead atoms. The predicted molar refractivity (Wildman–Crippen MR) is 123 cm³/mol. The Balaban J connectivity index is 1.66. The molecule has 0 saturated heterocycles. The number of fused-ring (bicyclic) bond motifs is 1. The van der Waals surface area contributed by atoms with Gasteiger partial charge >= 0.3 is 0 Å². The average Bonchev–Trinajstić information content (AvgIpc) is 3.09. The summed E-state index contributed by atoms with van der Waals surface area (Å²) in [4.78, 5) is 26.6. The van der Waals surface area contributed by atoms with Crippen LogP contribution in [0.2, 0.25) is 0 Å². The average molecular weight is 430 g/mol. The normalized spacial score (nSPS) is 11.5. The van der Waals surface area contributed by atoms with Gasteiger partial charge < -0.3 is 14.8 Å². The minimum atomic E-state index is -0.532. The van der Waals surface area contributed by atoms with Crippen LogP contribution in [0, 0.1) is 5.95 Å². The Hall–Kier alpha value is -3.91. The predicted octanol–water partition coefficient (Wildman–Crippen LogP) is 3.89. The molecule has 0 radical (unpaired) electrons. The van der Waals surface area contributed by atoms with Gasteiger partial charge in [-0.1, -0.05) is 6.08 Å². The van der Waals surface area contributed by atoms with Gasteiger partial charge in [-0.3, -0.25) is 9.78 Å². The van der Waals surface area contributed by atoms with Crippen LogP contribution in [-0.2, 0) is 11.8 Å². The van der Waals surface area contributed by atoms with E-state index >= 15 is 0 Å². The van der Waals surface area contributed by atoms with Crippen LogP contribution in [0.15, 0.2) is 67.4 Å². The lowest BCUT2D eigenvalue weighted by atomic mass is 10.0. The maximum atomic E-state index is 13.7. The molecule has 4 rings (SSSR count). The molecule has 162 valence electrons. The zero-order valence-electron chi connectivity index (χ0n) is 18.1. The van der Waals surface area contributed by atoms with Crippen LogP contribution >= 0.6 is 0 Å². The summed E-state index contributed by atoms with van der Waals surface area (Å²) >= 11 is 0. The molecule has 7 nitrogen and oxygen atoms in total. The van der Waals surface area contributed by atoms with E-state index in [0.29, 0.717) is 12.2 Å². The molecule has 0 aromatic carbocycles. The number of nitrogens with zero attached hydrogens (tertiary/aromatic N) is 5. The van der Waals surface area contributed by atoms with Crippen LogP contribution in [-0.4, -0.2) is 51.0 Å². The quantitative estimate of drug-likeness (QED) is 0.371. The number of amides is 1. The molecule has 8 heteroatoms. The second kappa shape index (κ2) is 9.07. The summed E-state index contributed by atoms with van der Waals surface area (Å²) in [6.45, 7) is 0.679. The molecule has 0 aliphatic carbocycles. The van der Waals surface area contributed by atoms with Crippen molar-refractivity contribution in [2.75, 3.05) is 26.0 Å². The molecule has 4 aromatic rings. The van der Waals surface area contributed by atoms with Crippen LogP contribution in [0.5, 0.6) is 0 Å². The van der Waals surface area contributed by atoms with Gasteiger partial charge in [-0.25, -0.2) is 9.97 Å². The van der Waals surface area contributed by atoms with E-state index in [1.165, 1.54) is 18.3 Å². The molecule has 32 heavy (non-hydrogen) atoms. The summed E-state index contributed by atoms with van der Waals surface area (Å²) in [6.07, 6.45) is 11.7. The zero-order chi connectivity index (χ0) is 22.7. The third kappa shape index (κ3) is 4.70. The summed E-state index contributed by atoms with van der Waals surface area (Å²) in [5.74, 6) is -0.750. The van der Waals surface area contributed by atoms with E-state index in [-0.39, 0.29) is 5.91 Å². The first-order chi connectivity index (χ1) is 15.4. The highest BCUT2D eigenvalue weighted by atomic mass is 19.1. The number of pyridine rings is 3. The molecule has 4 aromatic heterocycles. The molecule has 0 fully saturated rings. The first-order valence-corrected chi connectivity index (χ1v) is 10.1. The highest BCUT2D eigenvalue weighted by molar-refractivity contribution is 6.00. The zero-order valence-corrected chi connectivity index (χ0v) is 18.1. The van der Waals surface area contributed by atoms with Crippen molar-refractivity contribution in [3.63, 3.8) is 0 Å². The highest BCUT2D eigenvalue weighted by Gasteiger charge is 2.13. The molecule has 0 saturated carbocycles. The topological polar surface area (TPSA) is 75.9 Å². The number of hydrogen-bond acceptors (Lipinski definition) is 5. The Kier molecular flexibility index (Phi) is 6.04. The second-order valence-electron chi connectivity index (χ2n) is 7.73. The van der Waals surface area contributed by atoms with E-state index in [9.17, 15) is 9.18 Å². The number of carbonyl (C=O) groups excluding carboxylic acids is 1. The summed E-state index contributed by atoms with van der Waals surface area (Å²) in [5, 5.41) is 3.72. The molecule has 1 amide bonds. The van der Waals surface area contributed by atoms with Crippen molar-refractivity contribution in [3.05, 3.63) is 73.3 Å². The van der Waals surface area contributed by atoms with E-state index < -0.39 is 5.95 Å². The third-order valence-electron chi connectivity index (χ3n) is 4.93. The number of aryl methyl sites for hydroxylation is 1. The maximum Gasteiger partial charge on any atom is 0.248 e. The fraction of sp³-hybridized carbons (Fsp3) is 0.167. The van der Waals surface area contributed by atoms with E-state index in [4.69, 9.17) is 0 Å². The van der Waals surface area contributed by atoms with Crippen molar-refractivity contribution in [2.24, 2.45) is 7.05 Å².